The van der Waals surface area contributed by atoms with Gasteiger partial charge in [0, 0.05) is 6.20 Å². The molecule has 0 bridgehead atoms. The average molecular weight is 357 g/mol. The molecule has 0 aliphatic rings. The molecule has 1 rings (SSSR count). The summed E-state index contributed by atoms with van der Waals surface area (Å²) >= 11 is 6.52. The molecule has 0 fully saturated rings. The molecule has 0 aliphatic heterocycles. The molecule has 0 atom stereocenters. The van der Waals surface area contributed by atoms with Crippen molar-refractivity contribution < 1.29 is 22.0 Å². The number of alkyl halides is 5. The Morgan fingerprint density at radius 2 is 1.87 bits per heavy atom. The van der Waals surface area contributed by atoms with Crippen LogP contribution in [0.4, 0.5) is 22.0 Å². The third kappa shape index (κ3) is 2.68. The molecule has 0 unspecified atom stereocenters. The average Bonchev–Trinajstić information content (AvgIpc) is 2.05. The highest BCUT2D eigenvalue weighted by Crippen LogP contribution is 2.41. The Morgan fingerprint density at radius 1 is 1.33 bits per heavy atom. The van der Waals surface area contributed by atoms with Gasteiger partial charge in [-0.1, -0.05) is 11.6 Å². The number of nitrogens with zero attached hydrogens (tertiary/aromatic N) is 1. The summed E-state index contributed by atoms with van der Waals surface area (Å²) in [6.45, 7) is 0. The summed E-state index contributed by atoms with van der Waals surface area (Å²) in [6.07, 6.45) is -7.47. The number of hydrogen-bond acceptors (Lipinski definition) is 1. The fraction of sp³-hybridized carbons (Fsp3) is 0.286. The maximum absolute atomic E-state index is 12.4. The standard InChI is InChI=1S/C7H2ClF5IN/c8-2-1-15-6(14)3(5(9)10)4(2)7(11,12)13/h1,5H. The van der Waals surface area contributed by atoms with Crippen LogP contribution in [0.25, 0.3) is 0 Å². The van der Waals surface area contributed by atoms with E-state index in [1.54, 1.807) is 0 Å². The molecule has 0 spiro atoms. The molecule has 1 aromatic heterocycles. The number of hydrogen-bond donors (Lipinski definition) is 0. The Bertz CT molecular complexity index is 378. The molecule has 0 saturated heterocycles. The first-order valence-electron chi connectivity index (χ1n) is 3.44. The summed E-state index contributed by atoms with van der Waals surface area (Å²) in [5.41, 5.74) is -2.69. The van der Waals surface area contributed by atoms with E-state index in [-0.39, 0.29) is 0 Å². The fourth-order valence-electron chi connectivity index (χ4n) is 0.966. The lowest BCUT2D eigenvalue weighted by molar-refractivity contribution is -0.139. The molecule has 0 N–H and O–H groups in total. The molecule has 0 radical (unpaired) electrons. The van der Waals surface area contributed by atoms with Gasteiger partial charge < -0.3 is 0 Å². The van der Waals surface area contributed by atoms with Gasteiger partial charge in [-0.15, -0.1) is 0 Å². The minimum absolute atomic E-state index is 0.403. The third-order valence-electron chi connectivity index (χ3n) is 1.52. The first kappa shape index (κ1) is 12.9. The van der Waals surface area contributed by atoms with E-state index in [9.17, 15) is 22.0 Å². The smallest absolute Gasteiger partial charge is 0.248 e. The Balaban J connectivity index is 3.53. The lowest BCUT2D eigenvalue weighted by Gasteiger charge is -2.14. The second-order valence-corrected chi connectivity index (χ2v) is 3.91. The lowest BCUT2D eigenvalue weighted by atomic mass is 10.1. The van der Waals surface area contributed by atoms with Gasteiger partial charge in [0.15, 0.2) is 0 Å². The van der Waals surface area contributed by atoms with Crippen molar-refractivity contribution in [3.63, 3.8) is 0 Å². The van der Waals surface area contributed by atoms with Gasteiger partial charge in [-0.2, -0.15) is 13.2 Å². The monoisotopic (exact) mass is 357 g/mol. The molecule has 84 valence electrons. The van der Waals surface area contributed by atoms with Crippen LogP contribution >= 0.6 is 34.2 Å². The Labute approximate surface area is 99.8 Å². The van der Waals surface area contributed by atoms with Crippen LogP contribution in [0.1, 0.15) is 17.6 Å². The van der Waals surface area contributed by atoms with E-state index in [0.29, 0.717) is 6.20 Å². The first-order valence-corrected chi connectivity index (χ1v) is 4.90. The van der Waals surface area contributed by atoms with Gasteiger partial charge in [-0.3, -0.25) is 0 Å². The van der Waals surface area contributed by atoms with E-state index in [1.807, 2.05) is 0 Å². The van der Waals surface area contributed by atoms with Gasteiger partial charge in [-0.05, 0) is 22.6 Å². The van der Waals surface area contributed by atoms with Gasteiger partial charge in [0.05, 0.1) is 16.1 Å². The van der Waals surface area contributed by atoms with E-state index < -0.39 is 32.5 Å². The molecule has 15 heavy (non-hydrogen) atoms. The van der Waals surface area contributed by atoms with Crippen LogP contribution in [-0.4, -0.2) is 4.98 Å². The quantitative estimate of drug-likeness (QED) is 0.415. The molecule has 1 heterocycles. The summed E-state index contributed by atoms with van der Waals surface area (Å²) < 4.78 is 61.6. The molecule has 8 heteroatoms. The van der Waals surface area contributed by atoms with E-state index in [4.69, 9.17) is 11.6 Å². The molecule has 0 aromatic carbocycles. The zero-order valence-electron chi connectivity index (χ0n) is 6.75. The summed E-state index contributed by atoms with van der Waals surface area (Å²) in [5.74, 6) is 0. The first-order chi connectivity index (χ1) is 6.75. The van der Waals surface area contributed by atoms with Crippen LogP contribution in [0.2, 0.25) is 5.02 Å². The van der Waals surface area contributed by atoms with Gasteiger partial charge in [0.2, 0.25) is 0 Å². The molecule has 1 aromatic rings. The van der Waals surface area contributed by atoms with E-state index >= 15 is 0 Å². The van der Waals surface area contributed by atoms with Crippen LogP contribution in [0.5, 0.6) is 0 Å². The van der Waals surface area contributed by atoms with Gasteiger partial charge in [0.1, 0.15) is 3.70 Å². The molecule has 1 nitrogen and oxygen atoms in total. The Kier molecular flexibility index (Phi) is 3.75. The maximum Gasteiger partial charge on any atom is 0.418 e. The van der Waals surface area contributed by atoms with Crippen LogP contribution in [-0.2, 0) is 6.18 Å². The largest absolute Gasteiger partial charge is 0.418 e. The van der Waals surface area contributed by atoms with Crippen molar-refractivity contribution in [2.75, 3.05) is 0 Å². The van der Waals surface area contributed by atoms with Crippen LogP contribution in [0.15, 0.2) is 6.20 Å². The summed E-state index contributed by atoms with van der Waals surface area (Å²) in [4.78, 5) is 3.35. The zero-order chi connectivity index (χ0) is 11.8. The van der Waals surface area contributed by atoms with E-state index in [0.717, 1.165) is 0 Å². The van der Waals surface area contributed by atoms with E-state index in [1.165, 1.54) is 22.6 Å². The summed E-state index contributed by atoms with van der Waals surface area (Å²) in [6, 6.07) is 0. The van der Waals surface area contributed by atoms with Crippen molar-refractivity contribution in [2.24, 2.45) is 0 Å². The minimum Gasteiger partial charge on any atom is -0.248 e. The Morgan fingerprint density at radius 3 is 2.20 bits per heavy atom. The minimum atomic E-state index is -4.91. The van der Waals surface area contributed by atoms with Crippen LogP contribution < -0.4 is 0 Å². The van der Waals surface area contributed by atoms with Crippen molar-refractivity contribution in [3.05, 3.63) is 26.0 Å². The topological polar surface area (TPSA) is 12.9 Å². The van der Waals surface area contributed by atoms with Crippen molar-refractivity contribution in [1.82, 2.24) is 4.98 Å². The van der Waals surface area contributed by atoms with Gasteiger partial charge in [-0.25, -0.2) is 13.8 Å². The van der Waals surface area contributed by atoms with Crippen LogP contribution in [0, 0.1) is 3.70 Å². The second kappa shape index (κ2) is 4.36. The van der Waals surface area contributed by atoms with Crippen molar-refractivity contribution >= 4 is 34.2 Å². The second-order valence-electron chi connectivity index (χ2n) is 2.48. The molecule has 0 aliphatic carbocycles. The highest BCUT2D eigenvalue weighted by Gasteiger charge is 2.39. The zero-order valence-corrected chi connectivity index (χ0v) is 9.66. The number of rotatable bonds is 1. The fourth-order valence-corrected chi connectivity index (χ4v) is 1.87. The summed E-state index contributed by atoms with van der Waals surface area (Å²) in [5, 5.41) is -0.821. The Hall–Kier alpha value is -0.180. The SMILES string of the molecule is FC(F)c1c(I)ncc(Cl)c1C(F)(F)F. The predicted octanol–water partition coefficient (Wildman–Crippen LogP) is 4.30. The van der Waals surface area contributed by atoms with Crippen molar-refractivity contribution in [1.29, 1.82) is 0 Å². The highest BCUT2D eigenvalue weighted by atomic mass is 127. The predicted molar refractivity (Wildman–Crippen MR) is 51.9 cm³/mol. The molecular formula is C7H2ClF5IN. The summed E-state index contributed by atoms with van der Waals surface area (Å²) in [7, 11) is 0. The number of aromatic nitrogens is 1. The highest BCUT2D eigenvalue weighted by molar-refractivity contribution is 14.1. The molecule has 0 saturated carbocycles. The molecular weight excluding hydrogens is 355 g/mol. The normalized spacial score (nSPS) is 12.3. The lowest BCUT2D eigenvalue weighted by Crippen LogP contribution is -2.13. The maximum atomic E-state index is 12.4. The molecule has 0 amide bonds. The van der Waals surface area contributed by atoms with Crippen molar-refractivity contribution in [3.8, 4) is 0 Å². The van der Waals surface area contributed by atoms with Crippen molar-refractivity contribution in [2.45, 2.75) is 12.6 Å². The number of halogens is 7. The van der Waals surface area contributed by atoms with Gasteiger partial charge >= 0.3 is 6.18 Å². The van der Waals surface area contributed by atoms with Gasteiger partial charge in [0.25, 0.3) is 6.43 Å². The van der Waals surface area contributed by atoms with Crippen LogP contribution in [0.3, 0.4) is 0 Å². The third-order valence-corrected chi connectivity index (χ3v) is 2.67. The number of pyridine rings is 1. The van der Waals surface area contributed by atoms with E-state index in [2.05, 4.69) is 4.98 Å².